The number of hydrogen-bond acceptors (Lipinski definition) is 5. The second-order valence-corrected chi connectivity index (χ2v) is 12.0. The first-order valence-corrected chi connectivity index (χ1v) is 14.6. The summed E-state index contributed by atoms with van der Waals surface area (Å²) >= 11 is 3.42. The number of fused-ring (bicyclic) bond motifs is 1. The number of nitrogens with one attached hydrogen (secondary N) is 1. The van der Waals surface area contributed by atoms with Gasteiger partial charge in [0.25, 0.3) is 10.0 Å². The van der Waals surface area contributed by atoms with Gasteiger partial charge in [0.2, 0.25) is 0 Å². The first-order chi connectivity index (χ1) is 17.4. The van der Waals surface area contributed by atoms with E-state index in [1.54, 1.807) is 31.4 Å². The van der Waals surface area contributed by atoms with E-state index in [9.17, 15) is 8.42 Å². The highest BCUT2D eigenvalue weighted by Crippen LogP contribution is 2.34. The van der Waals surface area contributed by atoms with Gasteiger partial charge in [0.15, 0.2) is 0 Å². The van der Waals surface area contributed by atoms with Gasteiger partial charge < -0.3 is 9.47 Å². The van der Waals surface area contributed by atoms with Gasteiger partial charge in [-0.15, -0.1) is 12.4 Å². The van der Waals surface area contributed by atoms with Crippen LogP contribution in [0.5, 0.6) is 11.5 Å². The van der Waals surface area contributed by atoms with E-state index in [1.807, 2.05) is 36.4 Å². The molecule has 0 atom stereocenters. The van der Waals surface area contributed by atoms with Gasteiger partial charge in [-0.2, -0.15) is 0 Å². The van der Waals surface area contributed by atoms with E-state index in [-0.39, 0.29) is 17.3 Å². The monoisotopic (exact) mass is 606 g/mol. The molecule has 0 amide bonds. The second kappa shape index (κ2) is 12.1. The van der Waals surface area contributed by atoms with Crippen LogP contribution < -0.4 is 14.2 Å². The maximum atomic E-state index is 13.2. The Labute approximate surface area is 234 Å². The van der Waals surface area contributed by atoms with Crippen LogP contribution in [-0.2, 0) is 29.5 Å². The smallest absolute Gasteiger partial charge is 0.262 e. The van der Waals surface area contributed by atoms with Crippen molar-refractivity contribution in [3.05, 3.63) is 81.8 Å². The predicted molar refractivity (Wildman–Crippen MR) is 153 cm³/mol. The molecule has 9 heteroatoms. The fourth-order valence-corrected chi connectivity index (χ4v) is 6.13. The topological polar surface area (TPSA) is 67.9 Å². The molecule has 0 bridgehead atoms. The largest absolute Gasteiger partial charge is 0.495 e. The standard InChI is InChI=1S/C28H31BrN2O4S.ClH/c1-34-28-18-22-14-16-31(24-3-2-4-24)15-13-21(22)17-27(28)30-36(32,33)26-11-9-25(10-12-26)35-19-20-5-7-23(29)8-6-20;/h5-12,17-18,24,30H,2-4,13-16,19H2,1H3;1H. The molecule has 1 aliphatic carbocycles. The zero-order valence-electron chi connectivity index (χ0n) is 20.8. The number of sulfonamides is 1. The fraction of sp³-hybridized carbons (Fsp3) is 0.357. The van der Waals surface area contributed by atoms with E-state index in [4.69, 9.17) is 9.47 Å². The van der Waals surface area contributed by atoms with E-state index < -0.39 is 10.0 Å². The van der Waals surface area contributed by atoms with Crippen LogP contribution in [0.3, 0.4) is 0 Å². The Kier molecular flexibility index (Phi) is 9.06. The third kappa shape index (κ3) is 6.60. The third-order valence-corrected chi connectivity index (χ3v) is 9.06. The lowest BCUT2D eigenvalue weighted by Crippen LogP contribution is -2.41. The number of halogens is 2. The van der Waals surface area contributed by atoms with Crippen molar-refractivity contribution >= 4 is 44.0 Å². The molecular weight excluding hydrogens is 576 g/mol. The summed E-state index contributed by atoms with van der Waals surface area (Å²) in [7, 11) is -2.21. The molecule has 198 valence electrons. The van der Waals surface area contributed by atoms with Crippen molar-refractivity contribution < 1.29 is 17.9 Å². The average molecular weight is 608 g/mol. The van der Waals surface area contributed by atoms with Crippen LogP contribution in [0.25, 0.3) is 0 Å². The molecule has 1 aliphatic heterocycles. The van der Waals surface area contributed by atoms with Crippen LogP contribution in [0.15, 0.2) is 70.0 Å². The van der Waals surface area contributed by atoms with Crippen LogP contribution >= 0.6 is 28.3 Å². The zero-order chi connectivity index (χ0) is 25.1. The van der Waals surface area contributed by atoms with E-state index >= 15 is 0 Å². The number of methoxy groups -OCH3 is 1. The zero-order valence-corrected chi connectivity index (χ0v) is 24.0. The van der Waals surface area contributed by atoms with Crippen LogP contribution in [0.2, 0.25) is 0 Å². The number of hydrogen-bond donors (Lipinski definition) is 1. The quantitative estimate of drug-likeness (QED) is 0.330. The average Bonchev–Trinajstić information content (AvgIpc) is 3.04. The van der Waals surface area contributed by atoms with Crippen LogP contribution in [0.4, 0.5) is 5.69 Å². The van der Waals surface area contributed by atoms with Gasteiger partial charge in [0, 0.05) is 23.6 Å². The number of benzene rings is 3. The molecule has 3 aromatic rings. The Morgan fingerprint density at radius 3 is 2.22 bits per heavy atom. The van der Waals surface area contributed by atoms with Gasteiger partial charge in [0.1, 0.15) is 18.1 Å². The number of ether oxygens (including phenoxy) is 2. The lowest BCUT2D eigenvalue weighted by atomic mass is 9.91. The fourth-order valence-electron chi connectivity index (χ4n) is 4.80. The van der Waals surface area contributed by atoms with Crippen molar-refractivity contribution in [2.75, 3.05) is 24.9 Å². The first kappa shape index (κ1) is 27.8. The maximum Gasteiger partial charge on any atom is 0.262 e. The normalized spacial score (nSPS) is 16.1. The van der Waals surface area contributed by atoms with Crippen molar-refractivity contribution in [2.45, 2.75) is 49.6 Å². The molecule has 1 fully saturated rings. The summed E-state index contributed by atoms with van der Waals surface area (Å²) in [5.41, 5.74) is 3.93. The summed E-state index contributed by atoms with van der Waals surface area (Å²) in [6, 6.07) is 19.0. The molecule has 5 rings (SSSR count). The molecule has 37 heavy (non-hydrogen) atoms. The second-order valence-electron chi connectivity index (χ2n) is 9.43. The molecule has 1 N–H and O–H groups in total. The summed E-state index contributed by atoms with van der Waals surface area (Å²) < 4.78 is 41.5. The summed E-state index contributed by atoms with van der Waals surface area (Å²) in [5.74, 6) is 1.15. The highest BCUT2D eigenvalue weighted by atomic mass is 79.9. The Bertz CT molecular complexity index is 1310. The Hall–Kier alpha value is -2.26. The number of nitrogens with zero attached hydrogens (tertiary/aromatic N) is 1. The van der Waals surface area contributed by atoms with E-state index in [0.29, 0.717) is 29.8 Å². The molecule has 3 aromatic carbocycles. The minimum atomic E-state index is -3.79. The summed E-state index contributed by atoms with van der Waals surface area (Å²) in [5, 5.41) is 0. The molecule has 1 saturated carbocycles. The minimum Gasteiger partial charge on any atom is -0.495 e. The van der Waals surface area contributed by atoms with Crippen molar-refractivity contribution in [3.8, 4) is 11.5 Å². The Balaban J connectivity index is 0.00000320. The number of anilines is 1. The van der Waals surface area contributed by atoms with Crippen LogP contribution in [-0.4, -0.2) is 39.6 Å². The SMILES string of the molecule is COc1cc2c(cc1NS(=O)(=O)c1ccc(OCc3ccc(Br)cc3)cc1)CCN(C1CCC1)CC2.Cl. The molecule has 0 saturated heterocycles. The van der Waals surface area contributed by atoms with E-state index in [0.717, 1.165) is 36.0 Å². The molecule has 6 nitrogen and oxygen atoms in total. The Morgan fingerprint density at radius 1 is 0.973 bits per heavy atom. The van der Waals surface area contributed by atoms with Crippen LogP contribution in [0, 0.1) is 0 Å². The van der Waals surface area contributed by atoms with Crippen LogP contribution in [0.1, 0.15) is 36.0 Å². The first-order valence-electron chi connectivity index (χ1n) is 12.4. The van der Waals surface area contributed by atoms with Gasteiger partial charge in [-0.3, -0.25) is 9.62 Å². The van der Waals surface area contributed by atoms with Gasteiger partial charge in [-0.25, -0.2) is 8.42 Å². The molecular formula is C28H32BrClN2O4S. The van der Waals surface area contributed by atoms with Crippen molar-refractivity contribution in [1.29, 1.82) is 0 Å². The molecule has 0 unspecified atom stereocenters. The molecule has 1 heterocycles. The molecule has 0 aromatic heterocycles. The van der Waals surface area contributed by atoms with Gasteiger partial charge in [0.05, 0.1) is 17.7 Å². The highest BCUT2D eigenvalue weighted by molar-refractivity contribution is 9.10. The maximum absolute atomic E-state index is 13.2. The van der Waals surface area contributed by atoms with Gasteiger partial charge >= 0.3 is 0 Å². The van der Waals surface area contributed by atoms with Crippen molar-refractivity contribution in [1.82, 2.24) is 4.90 Å². The summed E-state index contributed by atoms with van der Waals surface area (Å²) in [6.07, 6.45) is 5.77. The van der Waals surface area contributed by atoms with Gasteiger partial charge in [-0.1, -0.05) is 34.5 Å². The lowest BCUT2D eigenvalue weighted by molar-refractivity contribution is 0.133. The Morgan fingerprint density at radius 2 is 1.62 bits per heavy atom. The van der Waals surface area contributed by atoms with Crippen molar-refractivity contribution in [2.24, 2.45) is 0 Å². The molecule has 0 radical (unpaired) electrons. The summed E-state index contributed by atoms with van der Waals surface area (Å²) in [6.45, 7) is 2.46. The van der Waals surface area contributed by atoms with E-state index in [2.05, 4.69) is 25.6 Å². The van der Waals surface area contributed by atoms with E-state index in [1.165, 1.54) is 30.4 Å². The highest BCUT2D eigenvalue weighted by Gasteiger charge is 2.27. The third-order valence-electron chi connectivity index (χ3n) is 7.15. The van der Waals surface area contributed by atoms with Crippen molar-refractivity contribution in [3.63, 3.8) is 0 Å². The molecule has 2 aliphatic rings. The lowest BCUT2D eigenvalue weighted by Gasteiger charge is -2.36. The minimum absolute atomic E-state index is 0. The van der Waals surface area contributed by atoms with Gasteiger partial charge in [-0.05, 0) is 90.9 Å². The molecule has 0 spiro atoms. The number of rotatable bonds is 8. The predicted octanol–water partition coefficient (Wildman–Crippen LogP) is 6.21. The summed E-state index contributed by atoms with van der Waals surface area (Å²) in [4.78, 5) is 2.76.